The molecule has 2 N–H and O–H groups in total. The van der Waals surface area contributed by atoms with Crippen molar-refractivity contribution < 1.29 is 9.90 Å². The van der Waals surface area contributed by atoms with E-state index in [4.69, 9.17) is 4.98 Å². The van der Waals surface area contributed by atoms with Gasteiger partial charge in [-0.15, -0.1) is 0 Å². The first-order valence-electron chi connectivity index (χ1n) is 9.47. The molecule has 0 radical (unpaired) electrons. The van der Waals surface area contributed by atoms with E-state index in [1.165, 1.54) is 19.3 Å². The van der Waals surface area contributed by atoms with Gasteiger partial charge in [-0.2, -0.15) is 0 Å². The summed E-state index contributed by atoms with van der Waals surface area (Å²) >= 11 is 0. The number of carboxylic acids is 1. The second-order valence-electron chi connectivity index (χ2n) is 8.51. The van der Waals surface area contributed by atoms with Crippen molar-refractivity contribution >= 4 is 5.97 Å². The zero-order chi connectivity index (χ0) is 17.9. The zero-order valence-corrected chi connectivity index (χ0v) is 14.6. The van der Waals surface area contributed by atoms with Crippen LogP contribution in [0.5, 0.6) is 0 Å². The second kappa shape index (κ2) is 5.53. The first kappa shape index (κ1) is 15.8. The molecule has 4 saturated carbocycles. The second-order valence-corrected chi connectivity index (χ2v) is 8.51. The highest BCUT2D eigenvalue weighted by Gasteiger charge is 2.53. The average molecular weight is 350 g/mol. The topological polar surface area (TPSA) is 83.0 Å². The molecule has 26 heavy (non-hydrogen) atoms. The maximum absolute atomic E-state index is 12.7. The molecule has 134 valence electrons. The summed E-state index contributed by atoms with van der Waals surface area (Å²) in [5, 5.41) is 9.57. The molecule has 0 aliphatic heterocycles. The van der Waals surface area contributed by atoms with E-state index in [0.717, 1.165) is 37.0 Å². The Balaban J connectivity index is 1.68. The summed E-state index contributed by atoms with van der Waals surface area (Å²) in [7, 11) is 0. The average Bonchev–Trinajstić information content (AvgIpc) is 2.60. The quantitative estimate of drug-likeness (QED) is 0.886. The van der Waals surface area contributed by atoms with Crippen LogP contribution in [0.25, 0.3) is 11.3 Å². The third-order valence-corrected chi connectivity index (χ3v) is 6.72. The van der Waals surface area contributed by atoms with E-state index >= 15 is 0 Å². The number of rotatable bonds is 3. The van der Waals surface area contributed by atoms with Gasteiger partial charge in [0.2, 0.25) is 0 Å². The van der Waals surface area contributed by atoms with Gasteiger partial charge >= 0.3 is 5.97 Å². The molecule has 5 heteroatoms. The van der Waals surface area contributed by atoms with Gasteiger partial charge in [-0.3, -0.25) is 4.79 Å². The molecule has 0 unspecified atom stereocenters. The Labute approximate surface area is 151 Å². The monoisotopic (exact) mass is 350 g/mol. The van der Waals surface area contributed by atoms with Crippen LogP contribution in [0.3, 0.4) is 0 Å². The lowest BCUT2D eigenvalue weighted by atomic mass is 9.49. The number of hydrogen-bond donors (Lipinski definition) is 2. The Morgan fingerprint density at radius 2 is 1.62 bits per heavy atom. The number of carboxylic acid groups (broad SMARTS) is 1. The van der Waals surface area contributed by atoms with Crippen LogP contribution in [0.2, 0.25) is 0 Å². The lowest BCUT2D eigenvalue weighted by molar-refractivity contribution is -0.00949. The largest absolute Gasteiger partial charge is 0.477 e. The number of carbonyl (C=O) groups is 1. The predicted octanol–water partition coefficient (Wildman–Crippen LogP) is 3.60. The Morgan fingerprint density at radius 3 is 2.15 bits per heavy atom. The molecule has 0 spiro atoms. The van der Waals surface area contributed by atoms with Gasteiger partial charge in [0.25, 0.3) is 5.56 Å². The van der Waals surface area contributed by atoms with Crippen molar-refractivity contribution in [2.45, 2.75) is 43.9 Å². The third kappa shape index (κ3) is 2.33. The lowest BCUT2D eigenvalue weighted by Gasteiger charge is -2.56. The van der Waals surface area contributed by atoms with Crippen molar-refractivity contribution in [1.82, 2.24) is 9.97 Å². The summed E-state index contributed by atoms with van der Waals surface area (Å²) in [6.45, 7) is 0. The minimum atomic E-state index is -1.23. The van der Waals surface area contributed by atoms with Gasteiger partial charge in [0.05, 0.1) is 5.69 Å². The van der Waals surface area contributed by atoms with E-state index < -0.39 is 11.5 Å². The molecule has 4 aliphatic rings. The van der Waals surface area contributed by atoms with Crippen LogP contribution in [0.4, 0.5) is 0 Å². The van der Waals surface area contributed by atoms with Crippen LogP contribution in [0, 0.1) is 17.8 Å². The van der Waals surface area contributed by atoms with E-state index in [-0.39, 0.29) is 11.0 Å². The SMILES string of the molecule is O=C(O)c1c(-c2ccccc2)nc(C23CC4CC(CC(C4)C2)C3)[nH]c1=O. The normalized spacial score (nSPS) is 31.9. The molecule has 2 aromatic rings. The van der Waals surface area contributed by atoms with Crippen molar-refractivity contribution in [3.63, 3.8) is 0 Å². The van der Waals surface area contributed by atoms with Crippen molar-refractivity contribution in [3.05, 3.63) is 52.1 Å². The minimum Gasteiger partial charge on any atom is -0.477 e. The Morgan fingerprint density at radius 1 is 1.04 bits per heavy atom. The summed E-state index contributed by atoms with van der Waals surface area (Å²) in [5.74, 6) is 1.67. The Hall–Kier alpha value is -2.43. The van der Waals surface area contributed by atoms with Gasteiger partial charge in [0.15, 0.2) is 5.56 Å². The third-order valence-electron chi connectivity index (χ3n) is 6.72. The number of H-pyrrole nitrogens is 1. The van der Waals surface area contributed by atoms with Gasteiger partial charge in [-0.25, -0.2) is 9.78 Å². The molecule has 0 atom stereocenters. The number of aromatic amines is 1. The van der Waals surface area contributed by atoms with Gasteiger partial charge < -0.3 is 10.1 Å². The summed E-state index contributed by atoms with van der Waals surface area (Å²) in [5.41, 5.74) is 0.116. The van der Waals surface area contributed by atoms with E-state index in [1.54, 1.807) is 0 Å². The molecule has 4 aliphatic carbocycles. The first-order chi connectivity index (χ1) is 12.5. The number of nitrogens with zero attached hydrogens (tertiary/aromatic N) is 1. The molecule has 6 rings (SSSR count). The molecule has 0 amide bonds. The van der Waals surface area contributed by atoms with Crippen LogP contribution >= 0.6 is 0 Å². The number of nitrogens with one attached hydrogen (secondary N) is 1. The molecule has 1 aromatic carbocycles. The van der Waals surface area contributed by atoms with Crippen molar-refractivity contribution in [3.8, 4) is 11.3 Å². The van der Waals surface area contributed by atoms with Crippen LogP contribution in [-0.2, 0) is 5.41 Å². The molecule has 0 saturated heterocycles. The first-order valence-corrected chi connectivity index (χ1v) is 9.47. The maximum atomic E-state index is 12.7. The minimum absolute atomic E-state index is 0.0749. The summed E-state index contributed by atoms with van der Waals surface area (Å²) < 4.78 is 0. The molecule has 1 heterocycles. The molecular formula is C21H22N2O3. The summed E-state index contributed by atoms with van der Waals surface area (Å²) in [6, 6.07) is 9.19. The van der Waals surface area contributed by atoms with E-state index in [1.807, 2.05) is 30.3 Å². The highest BCUT2D eigenvalue weighted by Crippen LogP contribution is 2.60. The molecule has 4 bridgehead atoms. The lowest BCUT2D eigenvalue weighted by Crippen LogP contribution is -2.50. The zero-order valence-electron chi connectivity index (χ0n) is 14.6. The van der Waals surface area contributed by atoms with Gasteiger partial charge in [-0.1, -0.05) is 30.3 Å². The maximum Gasteiger partial charge on any atom is 0.343 e. The standard InChI is InChI=1S/C21H22N2O3/c24-18-16(19(25)26)17(15-4-2-1-3-5-15)22-20(23-18)21-9-12-6-13(10-21)8-14(7-12)11-21/h1-5,12-14H,6-11H2,(H,25,26)(H,22,23,24). The molecule has 1 aromatic heterocycles. The highest BCUT2D eigenvalue weighted by molar-refractivity contribution is 5.94. The fourth-order valence-electron chi connectivity index (χ4n) is 6.13. The van der Waals surface area contributed by atoms with E-state index in [2.05, 4.69) is 4.98 Å². The number of aromatic nitrogens is 2. The van der Waals surface area contributed by atoms with Crippen molar-refractivity contribution in [2.75, 3.05) is 0 Å². The molecule has 5 nitrogen and oxygen atoms in total. The summed E-state index contributed by atoms with van der Waals surface area (Å²) in [4.78, 5) is 32.1. The Bertz CT molecular complexity index is 897. The van der Waals surface area contributed by atoms with E-state index in [0.29, 0.717) is 17.1 Å². The Kier molecular flexibility index (Phi) is 3.36. The van der Waals surface area contributed by atoms with Crippen LogP contribution in [0.15, 0.2) is 35.1 Å². The molecular weight excluding hydrogens is 328 g/mol. The van der Waals surface area contributed by atoms with Gasteiger partial charge in [0, 0.05) is 11.0 Å². The van der Waals surface area contributed by atoms with Crippen LogP contribution in [0.1, 0.15) is 54.7 Å². The fraction of sp³-hybridized carbons (Fsp3) is 0.476. The summed E-state index contributed by atoms with van der Waals surface area (Å²) in [6.07, 6.45) is 7.14. The van der Waals surface area contributed by atoms with Gasteiger partial charge in [0.1, 0.15) is 5.82 Å². The number of benzene rings is 1. The predicted molar refractivity (Wildman–Crippen MR) is 97.1 cm³/mol. The molecule has 4 fully saturated rings. The smallest absolute Gasteiger partial charge is 0.343 e. The highest BCUT2D eigenvalue weighted by atomic mass is 16.4. The number of hydrogen-bond acceptors (Lipinski definition) is 3. The van der Waals surface area contributed by atoms with Crippen molar-refractivity contribution in [1.29, 1.82) is 0 Å². The van der Waals surface area contributed by atoms with Crippen LogP contribution < -0.4 is 5.56 Å². The van der Waals surface area contributed by atoms with E-state index in [9.17, 15) is 14.7 Å². The van der Waals surface area contributed by atoms with Crippen molar-refractivity contribution in [2.24, 2.45) is 17.8 Å². The fourth-order valence-corrected chi connectivity index (χ4v) is 6.13. The number of aromatic carboxylic acids is 1. The van der Waals surface area contributed by atoms with Gasteiger partial charge in [-0.05, 0) is 56.3 Å². The van der Waals surface area contributed by atoms with Crippen LogP contribution in [-0.4, -0.2) is 21.0 Å².